The van der Waals surface area contributed by atoms with Crippen LogP contribution in [0.1, 0.15) is 32.3 Å². The third kappa shape index (κ3) is 5.42. The largest absolute Gasteiger partial charge is 0.486 e. The molecular weight excluding hydrogens is 390 g/mol. The van der Waals surface area contributed by atoms with Crippen LogP contribution < -0.4 is 9.47 Å². The molecule has 1 aromatic rings. The first-order valence-electron chi connectivity index (χ1n) is 10.6. The van der Waals surface area contributed by atoms with Gasteiger partial charge in [-0.05, 0) is 56.3 Å². The summed E-state index contributed by atoms with van der Waals surface area (Å²) in [6, 6.07) is 6.64. The molecule has 0 amide bonds. The molecule has 7 nitrogen and oxygen atoms in total. The summed E-state index contributed by atoms with van der Waals surface area (Å²) in [7, 11) is -0.0971. The normalized spacial score (nSPS) is 19.7. The standard InChI is InChI=1S/C21H35N3O4S/c1-5-23(16-18-8-10-24(11-9-18)29(25,26)22(3)4)17(2)14-19-6-7-20-21(15-19)28-13-12-27-20/h6-7,15,17-18H,5,8-14,16H2,1-4H3. The van der Waals surface area contributed by atoms with Crippen molar-refractivity contribution in [2.45, 2.75) is 39.2 Å². The molecule has 0 radical (unpaired) electrons. The van der Waals surface area contributed by atoms with Gasteiger partial charge in [0.05, 0.1) is 0 Å². The van der Waals surface area contributed by atoms with Gasteiger partial charge in [0.1, 0.15) is 13.2 Å². The summed E-state index contributed by atoms with van der Waals surface area (Å²) in [5.41, 5.74) is 1.26. The van der Waals surface area contributed by atoms with Gasteiger partial charge >= 0.3 is 0 Å². The van der Waals surface area contributed by atoms with Crippen molar-refractivity contribution in [2.75, 3.05) is 53.5 Å². The number of fused-ring (bicyclic) bond motifs is 1. The molecule has 0 bridgehead atoms. The molecule has 0 spiro atoms. The lowest BCUT2D eigenvalue weighted by Gasteiger charge is -2.37. The summed E-state index contributed by atoms with van der Waals surface area (Å²) in [5.74, 6) is 2.21. The Kier molecular flexibility index (Phi) is 7.42. The molecule has 29 heavy (non-hydrogen) atoms. The van der Waals surface area contributed by atoms with Gasteiger partial charge in [-0.3, -0.25) is 0 Å². The van der Waals surface area contributed by atoms with E-state index in [1.54, 1.807) is 18.4 Å². The van der Waals surface area contributed by atoms with Crippen LogP contribution >= 0.6 is 0 Å². The molecule has 2 heterocycles. The van der Waals surface area contributed by atoms with E-state index in [2.05, 4.69) is 30.9 Å². The van der Waals surface area contributed by atoms with Gasteiger partial charge in [0.15, 0.2) is 11.5 Å². The van der Waals surface area contributed by atoms with Crippen molar-refractivity contribution in [3.63, 3.8) is 0 Å². The van der Waals surface area contributed by atoms with E-state index in [-0.39, 0.29) is 0 Å². The van der Waals surface area contributed by atoms with Crippen LogP contribution in [0.3, 0.4) is 0 Å². The molecule has 2 aliphatic rings. The SMILES string of the molecule is CCN(CC1CCN(S(=O)(=O)N(C)C)CC1)C(C)Cc1ccc2c(c1)OCCO2. The van der Waals surface area contributed by atoms with Crippen LogP contribution in [0.2, 0.25) is 0 Å². The molecule has 3 rings (SSSR count). The van der Waals surface area contributed by atoms with E-state index >= 15 is 0 Å². The Morgan fingerprint density at radius 1 is 1.14 bits per heavy atom. The Balaban J connectivity index is 1.54. The third-order valence-electron chi connectivity index (χ3n) is 6.02. The topological polar surface area (TPSA) is 62.3 Å². The first kappa shape index (κ1) is 22.3. The molecule has 0 saturated carbocycles. The smallest absolute Gasteiger partial charge is 0.281 e. The maximum absolute atomic E-state index is 12.3. The van der Waals surface area contributed by atoms with E-state index in [4.69, 9.17) is 9.47 Å². The predicted octanol–water partition coefficient (Wildman–Crippen LogP) is 2.23. The minimum atomic E-state index is -3.29. The van der Waals surface area contributed by atoms with Crippen molar-refractivity contribution in [3.05, 3.63) is 23.8 Å². The van der Waals surface area contributed by atoms with E-state index < -0.39 is 10.2 Å². The summed E-state index contributed by atoms with van der Waals surface area (Å²) in [6.45, 7) is 8.91. The zero-order valence-corrected chi connectivity index (χ0v) is 19.0. The van der Waals surface area contributed by atoms with Crippen molar-refractivity contribution in [3.8, 4) is 11.5 Å². The number of rotatable bonds is 8. The predicted molar refractivity (Wildman–Crippen MR) is 115 cm³/mol. The molecule has 1 saturated heterocycles. The van der Waals surface area contributed by atoms with Crippen LogP contribution in [0.4, 0.5) is 0 Å². The molecule has 8 heteroatoms. The molecule has 0 N–H and O–H groups in total. The van der Waals surface area contributed by atoms with Gasteiger partial charge in [0.2, 0.25) is 0 Å². The lowest BCUT2D eigenvalue weighted by Crippen LogP contribution is -2.47. The third-order valence-corrected chi connectivity index (χ3v) is 7.96. The van der Waals surface area contributed by atoms with Gasteiger partial charge in [0, 0.05) is 39.8 Å². The minimum Gasteiger partial charge on any atom is -0.486 e. The van der Waals surface area contributed by atoms with E-state index in [1.165, 1.54) is 9.87 Å². The van der Waals surface area contributed by atoms with E-state index in [0.29, 0.717) is 38.3 Å². The van der Waals surface area contributed by atoms with Gasteiger partial charge in [-0.2, -0.15) is 17.0 Å². The molecule has 0 aromatic heterocycles. The highest BCUT2D eigenvalue weighted by molar-refractivity contribution is 7.86. The average Bonchev–Trinajstić information content (AvgIpc) is 2.72. The lowest BCUT2D eigenvalue weighted by molar-refractivity contribution is 0.150. The Labute approximate surface area is 175 Å². The van der Waals surface area contributed by atoms with Crippen molar-refractivity contribution in [1.29, 1.82) is 0 Å². The van der Waals surface area contributed by atoms with Crippen molar-refractivity contribution in [1.82, 2.24) is 13.5 Å². The maximum Gasteiger partial charge on any atom is 0.281 e. The van der Waals surface area contributed by atoms with Gasteiger partial charge in [-0.25, -0.2) is 0 Å². The zero-order chi connectivity index (χ0) is 21.0. The first-order valence-corrected chi connectivity index (χ1v) is 12.0. The Morgan fingerprint density at radius 2 is 1.79 bits per heavy atom. The minimum absolute atomic E-state index is 0.408. The van der Waals surface area contributed by atoms with E-state index in [9.17, 15) is 8.42 Å². The fourth-order valence-electron chi connectivity index (χ4n) is 4.19. The number of ether oxygens (including phenoxy) is 2. The Hall–Kier alpha value is -1.35. The summed E-state index contributed by atoms with van der Waals surface area (Å²) >= 11 is 0. The average molecular weight is 426 g/mol. The number of benzene rings is 1. The highest BCUT2D eigenvalue weighted by Crippen LogP contribution is 2.31. The summed E-state index contributed by atoms with van der Waals surface area (Å²) in [5, 5.41) is 0. The number of hydrogen-bond donors (Lipinski definition) is 0. The van der Waals surface area contributed by atoms with Gasteiger partial charge in [0.25, 0.3) is 10.2 Å². The summed E-state index contributed by atoms with van der Waals surface area (Å²) in [6.07, 6.45) is 2.79. The molecule has 164 valence electrons. The zero-order valence-electron chi connectivity index (χ0n) is 18.1. The van der Waals surface area contributed by atoms with Crippen LogP contribution in [0.15, 0.2) is 18.2 Å². The van der Waals surface area contributed by atoms with Crippen LogP contribution in [0, 0.1) is 5.92 Å². The first-order chi connectivity index (χ1) is 13.8. The van der Waals surface area contributed by atoms with E-state index in [0.717, 1.165) is 43.9 Å². The number of likely N-dealkylation sites (N-methyl/N-ethyl adjacent to an activating group) is 1. The molecule has 1 unspecified atom stereocenters. The second-order valence-corrected chi connectivity index (χ2v) is 10.4. The molecule has 1 fully saturated rings. The van der Waals surface area contributed by atoms with Crippen LogP contribution in [-0.2, 0) is 16.6 Å². The monoisotopic (exact) mass is 425 g/mol. The summed E-state index contributed by atoms with van der Waals surface area (Å²) in [4.78, 5) is 2.51. The maximum atomic E-state index is 12.3. The van der Waals surface area contributed by atoms with Crippen molar-refractivity contribution in [2.24, 2.45) is 5.92 Å². The molecular formula is C21H35N3O4S. The second kappa shape index (κ2) is 9.64. The molecule has 0 aliphatic carbocycles. The van der Waals surface area contributed by atoms with Gasteiger partial charge < -0.3 is 14.4 Å². The fourth-order valence-corrected chi connectivity index (χ4v) is 5.32. The molecule has 1 aromatic carbocycles. The summed E-state index contributed by atoms with van der Waals surface area (Å²) < 4.78 is 38.9. The molecule has 1 atom stereocenters. The second-order valence-electron chi connectivity index (χ2n) is 8.25. The lowest BCUT2D eigenvalue weighted by atomic mass is 9.96. The van der Waals surface area contributed by atoms with Gasteiger partial charge in [-0.15, -0.1) is 0 Å². The Bertz CT molecular complexity index is 776. The highest BCUT2D eigenvalue weighted by atomic mass is 32.2. The number of nitrogens with zero attached hydrogens (tertiary/aromatic N) is 3. The quantitative estimate of drug-likeness (QED) is 0.639. The van der Waals surface area contributed by atoms with Gasteiger partial charge in [-0.1, -0.05) is 13.0 Å². The van der Waals surface area contributed by atoms with Crippen LogP contribution in [0.25, 0.3) is 0 Å². The number of hydrogen-bond acceptors (Lipinski definition) is 5. The highest BCUT2D eigenvalue weighted by Gasteiger charge is 2.30. The molecule has 2 aliphatic heterocycles. The van der Waals surface area contributed by atoms with Crippen LogP contribution in [0.5, 0.6) is 11.5 Å². The van der Waals surface area contributed by atoms with E-state index in [1.807, 2.05) is 6.07 Å². The van der Waals surface area contributed by atoms with Crippen LogP contribution in [-0.4, -0.2) is 81.5 Å². The van der Waals surface area contributed by atoms with Crippen molar-refractivity contribution < 1.29 is 17.9 Å². The number of piperidine rings is 1. The fraction of sp³-hybridized carbons (Fsp3) is 0.714. The van der Waals surface area contributed by atoms with Crippen molar-refractivity contribution >= 4 is 10.2 Å². The Morgan fingerprint density at radius 3 is 2.41 bits per heavy atom.